The van der Waals surface area contributed by atoms with Crippen molar-refractivity contribution < 1.29 is 14.4 Å². The highest BCUT2D eigenvalue weighted by Gasteiger charge is 2.30. The highest BCUT2D eigenvalue weighted by molar-refractivity contribution is 6.41. The number of amides is 1. The Morgan fingerprint density at radius 1 is 0.645 bits per heavy atom. The zero-order valence-corrected chi connectivity index (χ0v) is 18.2. The molecule has 0 saturated carbocycles. The van der Waals surface area contributed by atoms with E-state index in [9.17, 15) is 14.4 Å². The third-order valence-electron chi connectivity index (χ3n) is 4.64. The number of Topliss-reactive ketones (excluding diaryl/α,β-unsaturated/α-hetero) is 2. The minimum absolute atomic E-state index is 0.278. The predicted octanol–water partition coefficient (Wildman–Crippen LogP) is -4.47. The zero-order valence-electron chi connectivity index (χ0n) is 18.2. The lowest BCUT2D eigenvalue weighted by molar-refractivity contribution is -0.140. The van der Waals surface area contributed by atoms with Gasteiger partial charge in [-0.25, -0.2) is 0 Å². The van der Waals surface area contributed by atoms with E-state index in [2.05, 4.69) is 16.0 Å². The van der Waals surface area contributed by atoms with Gasteiger partial charge in [0.05, 0.1) is 18.1 Å². The summed E-state index contributed by atoms with van der Waals surface area (Å²) in [7, 11) is 0. The second kappa shape index (κ2) is 17.1. The number of carbonyl (C=O) groups is 3. The van der Waals surface area contributed by atoms with Crippen LogP contribution in [0.1, 0.15) is 44.9 Å². The largest absolute Gasteiger partial charge is 0.344 e. The van der Waals surface area contributed by atoms with Crippen molar-refractivity contribution in [3.05, 3.63) is 0 Å². The van der Waals surface area contributed by atoms with Crippen LogP contribution in [0.15, 0.2) is 0 Å². The van der Waals surface area contributed by atoms with Crippen molar-refractivity contribution in [3.8, 4) is 0 Å². The maximum absolute atomic E-state index is 12.7. The Bertz CT molecular complexity index is 533. The van der Waals surface area contributed by atoms with E-state index in [0.29, 0.717) is 51.7 Å². The molecule has 0 unspecified atom stereocenters. The first-order chi connectivity index (χ1) is 14.6. The van der Waals surface area contributed by atoms with Gasteiger partial charge in [0.15, 0.2) is 0 Å². The van der Waals surface area contributed by atoms with Gasteiger partial charge < -0.3 is 45.5 Å². The van der Waals surface area contributed by atoms with Crippen LogP contribution in [-0.2, 0) is 14.4 Å². The first-order valence-corrected chi connectivity index (χ1v) is 10.7. The third-order valence-corrected chi connectivity index (χ3v) is 4.64. The topological polar surface area (TPSA) is 269 Å². The Morgan fingerprint density at radius 3 is 1.65 bits per heavy atom. The molecule has 0 aliphatic rings. The molecule has 0 aromatic carbocycles. The molecule has 13 heteroatoms. The fourth-order valence-electron chi connectivity index (χ4n) is 2.84. The number of nitrogens with two attached hydrogens (primary N) is 7. The number of hydrogen-bond donors (Lipinski definition) is 10. The average molecular weight is 447 g/mol. The first-order valence-electron chi connectivity index (χ1n) is 10.7. The van der Waals surface area contributed by atoms with Crippen LogP contribution in [0.2, 0.25) is 0 Å². The van der Waals surface area contributed by atoms with Crippen LogP contribution in [0.4, 0.5) is 0 Å². The Balaban J connectivity index is 4.77. The SMILES string of the molecule is NCCCC[C@H](NC(=O)[C@@H](N)CCCNC(N)N)C(=O)C(=O)[C@@H](N)CCCNC(N)N. The molecule has 31 heavy (non-hydrogen) atoms. The van der Waals surface area contributed by atoms with E-state index in [-0.39, 0.29) is 12.8 Å². The van der Waals surface area contributed by atoms with Gasteiger partial charge in [-0.05, 0) is 64.6 Å². The number of nitrogens with one attached hydrogen (secondary N) is 3. The Morgan fingerprint density at radius 2 is 1.16 bits per heavy atom. The highest BCUT2D eigenvalue weighted by Crippen LogP contribution is 2.07. The van der Waals surface area contributed by atoms with Crippen molar-refractivity contribution in [1.29, 1.82) is 0 Å². The van der Waals surface area contributed by atoms with E-state index in [0.717, 1.165) is 0 Å². The molecule has 13 nitrogen and oxygen atoms in total. The summed E-state index contributed by atoms with van der Waals surface area (Å²) in [6.45, 7) is 1.39. The third kappa shape index (κ3) is 14.2. The number of carbonyl (C=O) groups excluding carboxylic acids is 3. The lowest BCUT2D eigenvalue weighted by Gasteiger charge is -2.21. The predicted molar refractivity (Wildman–Crippen MR) is 120 cm³/mol. The monoisotopic (exact) mass is 446 g/mol. The highest BCUT2D eigenvalue weighted by atomic mass is 16.2. The van der Waals surface area contributed by atoms with Gasteiger partial charge in [0.2, 0.25) is 17.5 Å². The summed E-state index contributed by atoms with van der Waals surface area (Å²) >= 11 is 0. The molecule has 0 radical (unpaired) electrons. The van der Waals surface area contributed by atoms with Crippen molar-refractivity contribution in [2.24, 2.45) is 40.1 Å². The Labute approximate surface area is 183 Å². The smallest absolute Gasteiger partial charge is 0.237 e. The second-order valence-electron chi connectivity index (χ2n) is 7.53. The van der Waals surface area contributed by atoms with Crippen molar-refractivity contribution in [1.82, 2.24) is 16.0 Å². The van der Waals surface area contributed by atoms with Crippen molar-refractivity contribution in [2.45, 2.75) is 75.7 Å². The average Bonchev–Trinajstić information content (AvgIpc) is 2.71. The van der Waals surface area contributed by atoms with E-state index in [1.807, 2.05) is 0 Å². The zero-order chi connectivity index (χ0) is 23.8. The van der Waals surface area contributed by atoms with E-state index in [1.54, 1.807) is 0 Å². The molecule has 0 fully saturated rings. The second-order valence-corrected chi connectivity index (χ2v) is 7.53. The molecule has 0 saturated heterocycles. The fraction of sp³-hybridized carbons (Fsp3) is 0.833. The summed E-state index contributed by atoms with van der Waals surface area (Å²) in [5.41, 5.74) is 38.8. The standard InChI is InChI=1S/C18H42N10O3/c19-8-2-1-7-13(28-16(31)12(21)6-4-10-27-18(24)25)15(30)14(29)11(20)5-3-9-26-17(22)23/h11-13,17-18,26-27H,1-10,19-25H2,(H,28,31)/t11-,12-,13-/m0/s1. The molecule has 0 bridgehead atoms. The van der Waals surface area contributed by atoms with Gasteiger partial charge in [-0.15, -0.1) is 0 Å². The number of ketones is 2. The summed E-state index contributed by atoms with van der Waals surface area (Å²) in [5, 5.41) is 8.20. The van der Waals surface area contributed by atoms with Gasteiger partial charge >= 0.3 is 0 Å². The number of hydrogen-bond acceptors (Lipinski definition) is 12. The van der Waals surface area contributed by atoms with Crippen LogP contribution in [0.3, 0.4) is 0 Å². The molecule has 0 aliphatic heterocycles. The molecule has 0 rings (SSSR count). The van der Waals surface area contributed by atoms with E-state index in [4.69, 9.17) is 40.1 Å². The molecule has 0 aromatic rings. The minimum Gasteiger partial charge on any atom is -0.344 e. The van der Waals surface area contributed by atoms with E-state index < -0.39 is 48.2 Å². The lowest BCUT2D eigenvalue weighted by atomic mass is 9.96. The molecule has 0 aromatic heterocycles. The maximum Gasteiger partial charge on any atom is 0.237 e. The van der Waals surface area contributed by atoms with Crippen LogP contribution in [0.5, 0.6) is 0 Å². The molecule has 0 heterocycles. The van der Waals surface area contributed by atoms with Gasteiger partial charge in [0, 0.05) is 0 Å². The van der Waals surface area contributed by atoms with Gasteiger partial charge in [0.25, 0.3) is 0 Å². The summed E-state index contributed by atoms with van der Waals surface area (Å²) in [5.74, 6) is -1.97. The number of unbranched alkanes of at least 4 members (excludes halogenated alkanes) is 1. The van der Waals surface area contributed by atoms with Gasteiger partial charge in [-0.3, -0.25) is 25.0 Å². The quantitative estimate of drug-likeness (QED) is 0.0511. The molecule has 0 aliphatic carbocycles. The molecular formula is C18H42N10O3. The van der Waals surface area contributed by atoms with Gasteiger partial charge in [-0.2, -0.15) is 0 Å². The molecule has 1 amide bonds. The van der Waals surface area contributed by atoms with E-state index >= 15 is 0 Å². The molecular weight excluding hydrogens is 404 g/mol. The Hall–Kier alpha value is -1.55. The van der Waals surface area contributed by atoms with Crippen LogP contribution >= 0.6 is 0 Å². The van der Waals surface area contributed by atoms with Crippen LogP contribution in [0.25, 0.3) is 0 Å². The normalized spacial score (nSPS) is 14.5. The van der Waals surface area contributed by atoms with Crippen LogP contribution in [-0.4, -0.2) is 67.8 Å². The van der Waals surface area contributed by atoms with Crippen LogP contribution < -0.4 is 56.1 Å². The lowest BCUT2D eigenvalue weighted by Crippen LogP contribution is -2.52. The minimum atomic E-state index is -0.991. The Kier molecular flexibility index (Phi) is 16.2. The van der Waals surface area contributed by atoms with Crippen molar-refractivity contribution in [3.63, 3.8) is 0 Å². The summed E-state index contributed by atoms with van der Waals surface area (Å²) in [4.78, 5) is 37.6. The van der Waals surface area contributed by atoms with Gasteiger partial charge in [0.1, 0.15) is 12.6 Å². The van der Waals surface area contributed by atoms with Gasteiger partial charge in [-0.1, -0.05) is 0 Å². The van der Waals surface area contributed by atoms with Crippen LogP contribution in [0, 0.1) is 0 Å². The van der Waals surface area contributed by atoms with Crippen molar-refractivity contribution >= 4 is 17.5 Å². The maximum atomic E-state index is 12.7. The number of rotatable bonds is 19. The summed E-state index contributed by atoms with van der Waals surface area (Å²) in [6.07, 6.45) is 1.91. The summed E-state index contributed by atoms with van der Waals surface area (Å²) in [6, 6.07) is -2.80. The first kappa shape index (κ1) is 29.5. The fourth-order valence-corrected chi connectivity index (χ4v) is 2.84. The molecule has 17 N–H and O–H groups in total. The molecule has 3 atom stereocenters. The molecule has 182 valence electrons. The van der Waals surface area contributed by atoms with E-state index in [1.165, 1.54) is 0 Å². The van der Waals surface area contributed by atoms with Crippen molar-refractivity contribution in [2.75, 3.05) is 19.6 Å². The summed E-state index contributed by atoms with van der Waals surface area (Å²) < 4.78 is 0. The molecule has 0 spiro atoms.